The third-order valence-corrected chi connectivity index (χ3v) is 4.39. The molecule has 1 atom stereocenters. The lowest BCUT2D eigenvalue weighted by Crippen LogP contribution is -2.24. The number of aromatic nitrogens is 6. The van der Waals surface area contributed by atoms with Crippen molar-refractivity contribution in [1.82, 2.24) is 35.4 Å². The second kappa shape index (κ2) is 7.81. The van der Waals surface area contributed by atoms with E-state index in [4.69, 9.17) is 4.52 Å². The van der Waals surface area contributed by atoms with Gasteiger partial charge in [0.05, 0.1) is 16.9 Å². The van der Waals surface area contributed by atoms with Gasteiger partial charge in [-0.15, -0.1) is 17.5 Å². The molecule has 0 aliphatic heterocycles. The molecule has 0 saturated carbocycles. The fourth-order valence-electron chi connectivity index (χ4n) is 2.82. The van der Waals surface area contributed by atoms with E-state index in [1.807, 2.05) is 44.3 Å². The summed E-state index contributed by atoms with van der Waals surface area (Å²) in [5, 5.41) is 16.8. The molecule has 1 unspecified atom stereocenters. The maximum absolute atomic E-state index is 5.39. The van der Waals surface area contributed by atoms with E-state index in [9.17, 15) is 0 Å². The minimum atomic E-state index is 0. The van der Waals surface area contributed by atoms with Gasteiger partial charge in [0, 0.05) is 24.0 Å². The van der Waals surface area contributed by atoms with E-state index >= 15 is 0 Å². The highest BCUT2D eigenvalue weighted by atomic mass is 35.5. The first-order valence-corrected chi connectivity index (χ1v) is 8.44. The van der Waals surface area contributed by atoms with Crippen molar-refractivity contribution >= 4 is 23.3 Å². The summed E-state index contributed by atoms with van der Waals surface area (Å²) in [6.07, 6.45) is 2.45. The minimum absolute atomic E-state index is 0. The molecular formula is C18H20ClN7O. The van der Waals surface area contributed by atoms with Crippen molar-refractivity contribution in [2.45, 2.75) is 26.3 Å². The van der Waals surface area contributed by atoms with Gasteiger partial charge in [-0.1, -0.05) is 28.6 Å². The number of hydrogen-bond acceptors (Lipinski definition) is 7. The highest BCUT2D eigenvalue weighted by Gasteiger charge is 2.20. The number of nitrogens with one attached hydrogen (secondary N) is 1. The van der Waals surface area contributed by atoms with Gasteiger partial charge in [0.1, 0.15) is 0 Å². The summed E-state index contributed by atoms with van der Waals surface area (Å²) in [6, 6.07) is 10.2. The highest BCUT2D eigenvalue weighted by Crippen LogP contribution is 2.25. The van der Waals surface area contributed by atoms with Gasteiger partial charge in [0.25, 0.3) is 5.89 Å². The first-order chi connectivity index (χ1) is 12.7. The Balaban J connectivity index is 0.00000210. The van der Waals surface area contributed by atoms with Crippen molar-refractivity contribution in [3.63, 3.8) is 0 Å². The topological polar surface area (TPSA) is 94.6 Å². The molecule has 0 fully saturated rings. The Morgan fingerprint density at radius 3 is 2.85 bits per heavy atom. The molecule has 0 aliphatic carbocycles. The summed E-state index contributed by atoms with van der Waals surface area (Å²) in [6.45, 7) is 3.99. The standard InChI is InChI=1S/C18H19N7O.ClH/c1-11(19-3)10-15-21-18(26-23-15)16-12(2)25(24-22-16)14-8-4-6-13-7-5-9-20-17(13)14;/h4-9,11,19H,10H2,1-3H3;1H. The Bertz CT molecular complexity index is 1050. The summed E-state index contributed by atoms with van der Waals surface area (Å²) < 4.78 is 7.15. The van der Waals surface area contributed by atoms with Crippen molar-refractivity contribution in [2.24, 2.45) is 0 Å². The Morgan fingerprint density at radius 1 is 1.22 bits per heavy atom. The number of halogens is 1. The summed E-state index contributed by atoms with van der Waals surface area (Å²) >= 11 is 0. The number of pyridine rings is 1. The van der Waals surface area contributed by atoms with E-state index in [2.05, 4.69) is 37.7 Å². The molecule has 8 nitrogen and oxygen atoms in total. The van der Waals surface area contributed by atoms with Gasteiger partial charge in [-0.2, -0.15) is 4.98 Å². The molecule has 4 rings (SSSR count). The SMILES string of the molecule is CNC(C)Cc1noc(-c2nnn(-c3cccc4cccnc34)c2C)n1.Cl. The highest BCUT2D eigenvalue weighted by molar-refractivity contribution is 5.86. The summed E-state index contributed by atoms with van der Waals surface area (Å²) in [5.74, 6) is 1.02. The van der Waals surface area contributed by atoms with Crippen LogP contribution in [0.25, 0.3) is 28.2 Å². The number of nitrogens with zero attached hydrogens (tertiary/aromatic N) is 6. The number of hydrogen-bond donors (Lipinski definition) is 1. The fourth-order valence-corrected chi connectivity index (χ4v) is 2.82. The van der Waals surface area contributed by atoms with E-state index in [0.29, 0.717) is 23.8 Å². The molecule has 3 heterocycles. The van der Waals surface area contributed by atoms with Crippen molar-refractivity contribution < 1.29 is 4.52 Å². The lowest BCUT2D eigenvalue weighted by molar-refractivity contribution is 0.417. The zero-order chi connectivity index (χ0) is 18.1. The van der Waals surface area contributed by atoms with E-state index in [0.717, 1.165) is 22.3 Å². The number of rotatable bonds is 5. The van der Waals surface area contributed by atoms with Crippen LogP contribution in [-0.4, -0.2) is 43.2 Å². The van der Waals surface area contributed by atoms with Crippen LogP contribution in [0.2, 0.25) is 0 Å². The number of para-hydroxylation sites is 1. The quantitative estimate of drug-likeness (QED) is 0.564. The van der Waals surface area contributed by atoms with Crippen molar-refractivity contribution in [1.29, 1.82) is 0 Å². The van der Waals surface area contributed by atoms with Crippen LogP contribution < -0.4 is 5.32 Å². The zero-order valence-corrected chi connectivity index (χ0v) is 16.1. The molecule has 1 aromatic carbocycles. The predicted octanol–water partition coefficient (Wildman–Crippen LogP) is 2.75. The Hall–Kier alpha value is -2.84. The number of fused-ring (bicyclic) bond motifs is 1. The Kier molecular flexibility index (Phi) is 5.48. The normalized spacial score (nSPS) is 12.1. The van der Waals surface area contributed by atoms with Gasteiger partial charge < -0.3 is 9.84 Å². The van der Waals surface area contributed by atoms with Crippen LogP contribution in [0.15, 0.2) is 41.1 Å². The average molecular weight is 386 g/mol. The lowest BCUT2D eigenvalue weighted by Gasteiger charge is -2.06. The first kappa shape index (κ1) is 18.9. The molecule has 4 aromatic rings. The predicted molar refractivity (Wildman–Crippen MR) is 104 cm³/mol. The van der Waals surface area contributed by atoms with Crippen LogP contribution in [-0.2, 0) is 6.42 Å². The van der Waals surface area contributed by atoms with Crippen LogP contribution in [0, 0.1) is 6.92 Å². The lowest BCUT2D eigenvalue weighted by atomic mass is 10.2. The minimum Gasteiger partial charge on any atom is -0.332 e. The maximum atomic E-state index is 5.39. The second-order valence-corrected chi connectivity index (χ2v) is 6.20. The zero-order valence-electron chi connectivity index (χ0n) is 15.2. The molecule has 27 heavy (non-hydrogen) atoms. The van der Waals surface area contributed by atoms with E-state index in [1.54, 1.807) is 10.9 Å². The summed E-state index contributed by atoms with van der Waals surface area (Å²) in [4.78, 5) is 8.93. The maximum Gasteiger partial charge on any atom is 0.280 e. The average Bonchev–Trinajstić information content (AvgIpc) is 3.27. The molecule has 0 saturated heterocycles. The van der Waals surface area contributed by atoms with Crippen LogP contribution in [0.4, 0.5) is 0 Å². The molecule has 1 N–H and O–H groups in total. The van der Waals surface area contributed by atoms with Crippen LogP contribution in [0.3, 0.4) is 0 Å². The molecule has 3 aromatic heterocycles. The molecule has 9 heteroatoms. The van der Waals surface area contributed by atoms with E-state index < -0.39 is 0 Å². The third-order valence-electron chi connectivity index (χ3n) is 4.39. The fraction of sp³-hybridized carbons (Fsp3) is 0.278. The van der Waals surface area contributed by atoms with Crippen molar-refractivity contribution in [2.75, 3.05) is 7.05 Å². The molecule has 0 aliphatic rings. The molecule has 0 radical (unpaired) electrons. The van der Waals surface area contributed by atoms with E-state index in [-0.39, 0.29) is 18.4 Å². The number of likely N-dealkylation sites (N-methyl/N-ethyl adjacent to an activating group) is 1. The van der Waals surface area contributed by atoms with Gasteiger partial charge >= 0.3 is 0 Å². The van der Waals surface area contributed by atoms with Crippen molar-refractivity contribution in [3.8, 4) is 17.3 Å². The molecule has 0 amide bonds. The van der Waals surface area contributed by atoms with Crippen LogP contribution in [0.5, 0.6) is 0 Å². The Morgan fingerprint density at radius 2 is 2.04 bits per heavy atom. The van der Waals surface area contributed by atoms with Crippen LogP contribution >= 0.6 is 12.4 Å². The smallest absolute Gasteiger partial charge is 0.280 e. The van der Waals surface area contributed by atoms with Gasteiger partial charge in [-0.05, 0) is 33.0 Å². The van der Waals surface area contributed by atoms with Gasteiger partial charge in [-0.25, -0.2) is 4.68 Å². The molecule has 0 bridgehead atoms. The van der Waals surface area contributed by atoms with Gasteiger partial charge in [0.15, 0.2) is 11.5 Å². The summed E-state index contributed by atoms with van der Waals surface area (Å²) in [7, 11) is 1.90. The van der Waals surface area contributed by atoms with Crippen LogP contribution in [0.1, 0.15) is 18.4 Å². The molecule has 140 valence electrons. The van der Waals surface area contributed by atoms with Gasteiger partial charge in [0.2, 0.25) is 0 Å². The molecule has 0 spiro atoms. The Labute approximate surface area is 162 Å². The second-order valence-electron chi connectivity index (χ2n) is 6.20. The molecular weight excluding hydrogens is 366 g/mol. The largest absolute Gasteiger partial charge is 0.332 e. The third kappa shape index (κ3) is 3.54. The van der Waals surface area contributed by atoms with Crippen molar-refractivity contribution in [3.05, 3.63) is 48.0 Å². The first-order valence-electron chi connectivity index (χ1n) is 8.44. The summed E-state index contributed by atoms with van der Waals surface area (Å²) in [5.41, 5.74) is 3.13. The van der Waals surface area contributed by atoms with Gasteiger partial charge in [-0.3, -0.25) is 4.98 Å². The monoisotopic (exact) mass is 385 g/mol. The number of benzene rings is 1. The van der Waals surface area contributed by atoms with E-state index in [1.165, 1.54) is 0 Å².